The molecule has 138 valence electrons. The van der Waals surface area contributed by atoms with Crippen LogP contribution in [0.2, 0.25) is 0 Å². The van der Waals surface area contributed by atoms with Crippen LogP contribution >= 0.6 is 0 Å². The molecule has 1 aliphatic heterocycles. The van der Waals surface area contributed by atoms with Crippen LogP contribution in [-0.2, 0) is 4.74 Å². The van der Waals surface area contributed by atoms with E-state index in [0.717, 1.165) is 42.7 Å². The zero-order valence-corrected chi connectivity index (χ0v) is 15.9. The van der Waals surface area contributed by atoms with Crippen molar-refractivity contribution in [3.63, 3.8) is 0 Å². The molecule has 1 heterocycles. The summed E-state index contributed by atoms with van der Waals surface area (Å²) in [7, 11) is 2.33. The van der Waals surface area contributed by atoms with E-state index in [1.54, 1.807) is 0 Å². The van der Waals surface area contributed by atoms with E-state index in [2.05, 4.69) is 11.9 Å². The van der Waals surface area contributed by atoms with E-state index in [-0.39, 0.29) is 0 Å². The van der Waals surface area contributed by atoms with Gasteiger partial charge in [-0.2, -0.15) is 0 Å². The van der Waals surface area contributed by atoms with Crippen molar-refractivity contribution in [1.29, 1.82) is 0 Å². The summed E-state index contributed by atoms with van der Waals surface area (Å²) in [6.07, 6.45) is 18.4. The molecule has 5 atom stereocenters. The van der Waals surface area contributed by atoms with Gasteiger partial charge in [-0.3, -0.25) is 0 Å². The molecule has 0 amide bonds. The Morgan fingerprint density at radius 3 is 2.21 bits per heavy atom. The minimum atomic E-state index is 0.570. The molecule has 0 aromatic carbocycles. The van der Waals surface area contributed by atoms with Crippen molar-refractivity contribution < 1.29 is 4.74 Å². The summed E-state index contributed by atoms with van der Waals surface area (Å²) in [5.74, 6) is 4.74. The molecule has 0 N–H and O–H groups in total. The van der Waals surface area contributed by atoms with Crippen LogP contribution in [0.25, 0.3) is 0 Å². The smallest absolute Gasteiger partial charge is 0.0646 e. The van der Waals surface area contributed by atoms with Crippen molar-refractivity contribution in [3.05, 3.63) is 0 Å². The van der Waals surface area contributed by atoms with Gasteiger partial charge in [-0.15, -0.1) is 0 Å². The van der Waals surface area contributed by atoms with E-state index < -0.39 is 0 Å². The fourth-order valence-electron chi connectivity index (χ4n) is 6.69. The van der Waals surface area contributed by atoms with Gasteiger partial charge in [0, 0.05) is 19.0 Å². The zero-order valence-electron chi connectivity index (χ0n) is 15.9. The Hall–Kier alpha value is -0.0800. The number of nitrogens with zero attached hydrogens (tertiary/aromatic N) is 1. The predicted molar refractivity (Wildman–Crippen MR) is 100 cm³/mol. The molecule has 3 aliphatic carbocycles. The van der Waals surface area contributed by atoms with Gasteiger partial charge in [0.05, 0.1) is 12.7 Å². The lowest BCUT2D eigenvalue weighted by atomic mass is 9.63. The van der Waals surface area contributed by atoms with Crippen molar-refractivity contribution in [2.24, 2.45) is 29.6 Å². The van der Waals surface area contributed by atoms with Crippen LogP contribution in [0.4, 0.5) is 0 Å². The summed E-state index contributed by atoms with van der Waals surface area (Å²) in [5.41, 5.74) is 0. The number of rotatable bonds is 2. The monoisotopic (exact) mass is 333 g/mol. The van der Waals surface area contributed by atoms with Crippen molar-refractivity contribution in [1.82, 2.24) is 4.90 Å². The zero-order chi connectivity index (χ0) is 16.4. The largest absolute Gasteiger partial charge is 0.376 e. The van der Waals surface area contributed by atoms with E-state index in [1.165, 1.54) is 83.6 Å². The third-order valence-corrected chi connectivity index (χ3v) is 8.03. The summed E-state index contributed by atoms with van der Waals surface area (Å²) < 4.78 is 6.57. The van der Waals surface area contributed by atoms with Crippen LogP contribution in [0.5, 0.6) is 0 Å². The van der Waals surface area contributed by atoms with Crippen molar-refractivity contribution >= 4 is 0 Å². The molecule has 0 spiro atoms. The Bertz CT molecular complexity index is 391. The molecule has 24 heavy (non-hydrogen) atoms. The van der Waals surface area contributed by atoms with Gasteiger partial charge in [0.2, 0.25) is 0 Å². The summed E-state index contributed by atoms with van der Waals surface area (Å²) in [6.45, 7) is 3.40. The standard InChI is InChI=1S/C22H39NO/c1-23-13-14-24-22(18-8-3-2-4-9-18)21(16-23)20-12-11-17-7-5-6-10-19(17)15-20/h17-22H,2-16H2,1H3/t17?,19?,20?,21-,22+/m1/s1. The molecule has 3 unspecified atom stereocenters. The van der Waals surface area contributed by atoms with Crippen LogP contribution < -0.4 is 0 Å². The lowest BCUT2D eigenvalue weighted by molar-refractivity contribution is -0.0509. The van der Waals surface area contributed by atoms with E-state index in [4.69, 9.17) is 4.74 Å². The highest BCUT2D eigenvalue weighted by Gasteiger charge is 2.42. The average Bonchev–Trinajstić information content (AvgIpc) is 2.83. The number of hydrogen-bond acceptors (Lipinski definition) is 2. The normalized spacial score (nSPS) is 43.1. The maximum Gasteiger partial charge on any atom is 0.0646 e. The third-order valence-electron chi connectivity index (χ3n) is 8.03. The van der Waals surface area contributed by atoms with Gasteiger partial charge < -0.3 is 9.64 Å². The molecule has 0 radical (unpaired) electrons. The Labute approximate surface area is 149 Å². The topological polar surface area (TPSA) is 12.5 Å². The molecule has 1 saturated heterocycles. The second-order valence-corrected chi connectivity index (χ2v) is 9.54. The van der Waals surface area contributed by atoms with Crippen LogP contribution in [0, 0.1) is 29.6 Å². The molecule has 3 saturated carbocycles. The highest BCUT2D eigenvalue weighted by molar-refractivity contribution is 4.92. The first-order chi connectivity index (χ1) is 11.8. The minimum absolute atomic E-state index is 0.570. The van der Waals surface area contributed by atoms with Gasteiger partial charge in [0.25, 0.3) is 0 Å². The fourth-order valence-corrected chi connectivity index (χ4v) is 6.69. The minimum Gasteiger partial charge on any atom is -0.376 e. The second-order valence-electron chi connectivity index (χ2n) is 9.54. The second kappa shape index (κ2) is 8.08. The van der Waals surface area contributed by atoms with E-state index in [1.807, 2.05) is 0 Å². The Morgan fingerprint density at radius 2 is 1.38 bits per heavy atom. The maximum atomic E-state index is 6.57. The lowest BCUT2D eigenvalue weighted by Gasteiger charge is -2.45. The van der Waals surface area contributed by atoms with Gasteiger partial charge in [-0.1, -0.05) is 44.9 Å². The lowest BCUT2D eigenvalue weighted by Crippen LogP contribution is -2.43. The summed E-state index contributed by atoms with van der Waals surface area (Å²) in [4.78, 5) is 2.57. The Kier molecular flexibility index (Phi) is 5.84. The molecular weight excluding hydrogens is 294 g/mol. The molecule has 4 rings (SSSR count). The van der Waals surface area contributed by atoms with Crippen molar-refractivity contribution in [3.8, 4) is 0 Å². The average molecular weight is 334 g/mol. The van der Waals surface area contributed by atoms with Gasteiger partial charge in [0.1, 0.15) is 0 Å². The fraction of sp³-hybridized carbons (Fsp3) is 1.00. The van der Waals surface area contributed by atoms with Gasteiger partial charge >= 0.3 is 0 Å². The molecule has 4 fully saturated rings. The highest BCUT2D eigenvalue weighted by atomic mass is 16.5. The molecule has 0 bridgehead atoms. The molecule has 4 aliphatic rings. The summed E-state index contributed by atoms with van der Waals surface area (Å²) >= 11 is 0. The van der Waals surface area contributed by atoms with Crippen LogP contribution in [0.3, 0.4) is 0 Å². The molecule has 2 nitrogen and oxygen atoms in total. The van der Waals surface area contributed by atoms with Crippen LogP contribution in [-0.4, -0.2) is 37.7 Å². The van der Waals surface area contributed by atoms with Crippen molar-refractivity contribution in [2.45, 2.75) is 83.2 Å². The Morgan fingerprint density at radius 1 is 0.708 bits per heavy atom. The first-order valence-corrected chi connectivity index (χ1v) is 11.1. The first-order valence-electron chi connectivity index (χ1n) is 11.1. The summed E-state index contributed by atoms with van der Waals surface area (Å²) in [5, 5.41) is 0. The number of fused-ring (bicyclic) bond motifs is 1. The van der Waals surface area contributed by atoms with E-state index in [0.29, 0.717) is 6.10 Å². The Balaban J connectivity index is 1.47. The molecular formula is C22H39NO. The maximum absolute atomic E-state index is 6.57. The van der Waals surface area contributed by atoms with Gasteiger partial charge in [0.15, 0.2) is 0 Å². The van der Waals surface area contributed by atoms with Crippen LogP contribution in [0.15, 0.2) is 0 Å². The molecule has 0 aromatic rings. The van der Waals surface area contributed by atoms with E-state index in [9.17, 15) is 0 Å². The number of likely N-dealkylation sites (N-methyl/N-ethyl adjacent to an activating group) is 1. The van der Waals surface area contributed by atoms with Crippen molar-refractivity contribution in [2.75, 3.05) is 26.7 Å². The predicted octanol–water partition coefficient (Wildman–Crippen LogP) is 5.12. The first kappa shape index (κ1) is 17.3. The van der Waals surface area contributed by atoms with Gasteiger partial charge in [-0.05, 0) is 62.8 Å². The van der Waals surface area contributed by atoms with Gasteiger partial charge in [-0.25, -0.2) is 0 Å². The summed E-state index contributed by atoms with van der Waals surface area (Å²) in [6, 6.07) is 0. The van der Waals surface area contributed by atoms with Crippen LogP contribution in [0.1, 0.15) is 77.0 Å². The SMILES string of the molecule is CN1CCO[C@@H](C2CCCCC2)[C@@H](C2CCC3CCCCC3C2)C1. The number of hydrogen-bond donors (Lipinski definition) is 0. The quantitative estimate of drug-likeness (QED) is 0.695. The van der Waals surface area contributed by atoms with E-state index >= 15 is 0 Å². The number of ether oxygens (including phenoxy) is 1. The third kappa shape index (κ3) is 3.85. The molecule has 2 heteroatoms. The molecule has 0 aromatic heterocycles. The highest BCUT2D eigenvalue weighted by Crippen LogP contribution is 2.47.